The third kappa shape index (κ3) is 1.57. The molecule has 1 aromatic heterocycles. The lowest BCUT2D eigenvalue weighted by atomic mass is 10.1. The number of rotatable bonds is 1. The number of nitrogens with zero attached hydrogens (tertiary/aromatic N) is 2. The molecule has 1 aliphatic heterocycles. The van der Waals surface area contributed by atoms with Crippen molar-refractivity contribution in [2.75, 3.05) is 13.2 Å². The second-order valence-electron chi connectivity index (χ2n) is 4.08. The minimum absolute atomic E-state index is 0.552. The molecule has 2 rings (SSSR count). The molecular formula is C11H18N2O. The van der Waals surface area contributed by atoms with E-state index in [0.29, 0.717) is 6.04 Å². The second kappa shape index (κ2) is 3.73. The van der Waals surface area contributed by atoms with Crippen LogP contribution >= 0.6 is 0 Å². The van der Waals surface area contributed by atoms with E-state index in [4.69, 9.17) is 4.74 Å². The molecule has 3 nitrogen and oxygen atoms in total. The highest BCUT2D eigenvalue weighted by Crippen LogP contribution is 2.24. The first-order chi connectivity index (χ1) is 6.70. The van der Waals surface area contributed by atoms with E-state index in [9.17, 15) is 0 Å². The van der Waals surface area contributed by atoms with Crippen LogP contribution in [0.3, 0.4) is 0 Å². The van der Waals surface area contributed by atoms with Crippen LogP contribution in [0.4, 0.5) is 0 Å². The van der Waals surface area contributed by atoms with E-state index in [1.165, 1.54) is 11.3 Å². The van der Waals surface area contributed by atoms with Crippen molar-refractivity contribution in [1.29, 1.82) is 0 Å². The van der Waals surface area contributed by atoms with Gasteiger partial charge in [-0.05, 0) is 39.2 Å². The van der Waals surface area contributed by atoms with Crippen LogP contribution in [0.25, 0.3) is 0 Å². The molecule has 0 aromatic carbocycles. The Kier molecular flexibility index (Phi) is 2.59. The van der Waals surface area contributed by atoms with Crippen molar-refractivity contribution >= 4 is 0 Å². The molecular weight excluding hydrogens is 176 g/mol. The fraction of sp³-hybridized carbons (Fsp3) is 0.727. The molecule has 14 heavy (non-hydrogen) atoms. The van der Waals surface area contributed by atoms with Gasteiger partial charge in [-0.1, -0.05) is 0 Å². The number of hydrogen-bond donors (Lipinski definition) is 0. The van der Waals surface area contributed by atoms with Gasteiger partial charge in [-0.25, -0.2) is 0 Å². The van der Waals surface area contributed by atoms with Gasteiger partial charge in [-0.15, -0.1) is 0 Å². The minimum Gasteiger partial charge on any atom is -0.381 e. The molecule has 1 aromatic rings. The third-order valence-electron chi connectivity index (χ3n) is 3.22. The van der Waals surface area contributed by atoms with Crippen molar-refractivity contribution in [3.05, 3.63) is 17.0 Å². The SMILES string of the molecule is Cc1nn(C2CCOCC2)c(C)c1C. The van der Waals surface area contributed by atoms with Crippen LogP contribution in [0.5, 0.6) is 0 Å². The van der Waals surface area contributed by atoms with Crippen LogP contribution < -0.4 is 0 Å². The Hall–Kier alpha value is -0.830. The van der Waals surface area contributed by atoms with E-state index in [2.05, 4.69) is 30.6 Å². The summed E-state index contributed by atoms with van der Waals surface area (Å²) in [4.78, 5) is 0. The molecule has 0 N–H and O–H groups in total. The highest BCUT2D eigenvalue weighted by molar-refractivity contribution is 5.22. The topological polar surface area (TPSA) is 27.1 Å². The van der Waals surface area contributed by atoms with Crippen molar-refractivity contribution in [3.63, 3.8) is 0 Å². The van der Waals surface area contributed by atoms with Crippen molar-refractivity contribution in [2.45, 2.75) is 39.7 Å². The second-order valence-corrected chi connectivity index (χ2v) is 4.08. The highest BCUT2D eigenvalue weighted by Gasteiger charge is 2.19. The van der Waals surface area contributed by atoms with E-state index in [0.717, 1.165) is 31.7 Å². The molecule has 1 aliphatic rings. The number of hydrogen-bond acceptors (Lipinski definition) is 2. The van der Waals surface area contributed by atoms with Crippen LogP contribution in [-0.4, -0.2) is 23.0 Å². The Labute approximate surface area is 85.1 Å². The van der Waals surface area contributed by atoms with E-state index in [1.54, 1.807) is 0 Å². The summed E-state index contributed by atoms with van der Waals surface area (Å²) in [5.41, 5.74) is 3.81. The van der Waals surface area contributed by atoms with Gasteiger partial charge >= 0.3 is 0 Å². The number of aromatic nitrogens is 2. The van der Waals surface area contributed by atoms with Crippen molar-refractivity contribution in [2.24, 2.45) is 0 Å². The lowest BCUT2D eigenvalue weighted by Gasteiger charge is -2.23. The zero-order valence-corrected chi connectivity index (χ0v) is 9.21. The average molecular weight is 194 g/mol. The predicted molar refractivity (Wildman–Crippen MR) is 55.5 cm³/mol. The summed E-state index contributed by atoms with van der Waals surface area (Å²) in [7, 11) is 0. The van der Waals surface area contributed by atoms with Crippen LogP contribution in [0.15, 0.2) is 0 Å². The summed E-state index contributed by atoms with van der Waals surface area (Å²) in [6, 6.07) is 0.552. The normalized spacial score (nSPS) is 18.8. The maximum Gasteiger partial charge on any atom is 0.0625 e. The number of ether oxygens (including phenoxy) is 1. The van der Waals surface area contributed by atoms with Gasteiger partial charge < -0.3 is 4.74 Å². The fourth-order valence-electron chi connectivity index (χ4n) is 2.03. The van der Waals surface area contributed by atoms with Gasteiger partial charge in [0.05, 0.1) is 11.7 Å². The van der Waals surface area contributed by atoms with Gasteiger partial charge in [-0.3, -0.25) is 4.68 Å². The third-order valence-corrected chi connectivity index (χ3v) is 3.22. The van der Waals surface area contributed by atoms with Gasteiger partial charge in [0.1, 0.15) is 0 Å². The molecule has 0 amide bonds. The zero-order valence-electron chi connectivity index (χ0n) is 9.21. The molecule has 0 atom stereocenters. The summed E-state index contributed by atoms with van der Waals surface area (Å²) in [5.74, 6) is 0. The molecule has 0 bridgehead atoms. The standard InChI is InChI=1S/C11H18N2O/c1-8-9(2)12-13(10(8)3)11-4-6-14-7-5-11/h11H,4-7H2,1-3H3. The summed E-state index contributed by atoms with van der Waals surface area (Å²) in [5, 5.41) is 4.59. The minimum atomic E-state index is 0.552. The van der Waals surface area contributed by atoms with Gasteiger partial charge in [-0.2, -0.15) is 5.10 Å². The first kappa shape index (κ1) is 9.71. The average Bonchev–Trinajstić information content (AvgIpc) is 2.47. The van der Waals surface area contributed by atoms with E-state index >= 15 is 0 Å². The fourth-order valence-corrected chi connectivity index (χ4v) is 2.03. The maximum absolute atomic E-state index is 5.36. The van der Waals surface area contributed by atoms with Crippen LogP contribution in [0.2, 0.25) is 0 Å². The van der Waals surface area contributed by atoms with Crippen LogP contribution in [-0.2, 0) is 4.74 Å². The molecule has 0 spiro atoms. The predicted octanol–water partition coefficient (Wildman–Crippen LogP) is 2.16. The van der Waals surface area contributed by atoms with Gasteiger partial charge in [0, 0.05) is 18.9 Å². The summed E-state index contributed by atoms with van der Waals surface area (Å²) in [6.07, 6.45) is 2.20. The molecule has 1 saturated heterocycles. The smallest absolute Gasteiger partial charge is 0.0625 e. The van der Waals surface area contributed by atoms with Gasteiger partial charge in [0.15, 0.2) is 0 Å². The molecule has 0 unspecified atom stereocenters. The Morgan fingerprint density at radius 3 is 2.36 bits per heavy atom. The van der Waals surface area contributed by atoms with Crippen molar-refractivity contribution in [3.8, 4) is 0 Å². The maximum atomic E-state index is 5.36. The molecule has 78 valence electrons. The summed E-state index contributed by atoms with van der Waals surface area (Å²) >= 11 is 0. The zero-order chi connectivity index (χ0) is 10.1. The lowest BCUT2D eigenvalue weighted by molar-refractivity contribution is 0.0656. The largest absolute Gasteiger partial charge is 0.381 e. The molecule has 0 saturated carbocycles. The number of aryl methyl sites for hydroxylation is 1. The molecule has 3 heteroatoms. The van der Waals surface area contributed by atoms with Crippen molar-refractivity contribution in [1.82, 2.24) is 9.78 Å². The molecule has 2 heterocycles. The quantitative estimate of drug-likeness (QED) is 0.685. The van der Waals surface area contributed by atoms with E-state index in [-0.39, 0.29) is 0 Å². The Morgan fingerprint density at radius 1 is 1.21 bits per heavy atom. The lowest BCUT2D eigenvalue weighted by Crippen LogP contribution is -2.21. The van der Waals surface area contributed by atoms with Crippen molar-refractivity contribution < 1.29 is 4.74 Å². The first-order valence-electron chi connectivity index (χ1n) is 5.30. The van der Waals surface area contributed by atoms with Gasteiger partial charge in [0.2, 0.25) is 0 Å². The summed E-state index contributed by atoms with van der Waals surface area (Å²) in [6.45, 7) is 8.14. The molecule has 0 aliphatic carbocycles. The highest BCUT2D eigenvalue weighted by atomic mass is 16.5. The Bertz CT molecular complexity index is 324. The molecule has 1 fully saturated rings. The summed E-state index contributed by atoms with van der Waals surface area (Å²) < 4.78 is 7.54. The molecule has 0 radical (unpaired) electrons. The Balaban J connectivity index is 2.26. The van der Waals surface area contributed by atoms with Gasteiger partial charge in [0.25, 0.3) is 0 Å². The van der Waals surface area contributed by atoms with Crippen LogP contribution in [0, 0.1) is 20.8 Å². The monoisotopic (exact) mass is 194 g/mol. The first-order valence-corrected chi connectivity index (χ1v) is 5.30. The Morgan fingerprint density at radius 2 is 1.86 bits per heavy atom. The van der Waals surface area contributed by atoms with Crippen LogP contribution in [0.1, 0.15) is 35.8 Å². The van der Waals surface area contributed by atoms with E-state index < -0.39 is 0 Å². The van der Waals surface area contributed by atoms with E-state index in [1.807, 2.05) is 0 Å².